The van der Waals surface area contributed by atoms with E-state index in [0.717, 1.165) is 0 Å². The minimum absolute atomic E-state index is 0.558. The van der Waals surface area contributed by atoms with Crippen LogP contribution in [0.5, 0.6) is 5.75 Å². The smallest absolute Gasteiger partial charge is 0.151 e. The van der Waals surface area contributed by atoms with Crippen molar-refractivity contribution in [2.75, 3.05) is 11.5 Å². The number of nitrogens with two attached hydrogens (primary N) is 2. The number of hydrogen-bond acceptors (Lipinski definition) is 3. The maximum atomic E-state index is 5.62. The van der Waals surface area contributed by atoms with Gasteiger partial charge in [-0.15, -0.1) is 0 Å². The Hall–Kier alpha value is -1.64. The van der Waals surface area contributed by atoms with E-state index in [1.807, 2.05) is 0 Å². The van der Waals surface area contributed by atoms with Crippen molar-refractivity contribution >= 4 is 11.4 Å². The fraction of sp³-hybridized carbons (Fsp3) is 0.111. The second-order valence-electron chi connectivity index (χ2n) is 2.60. The Bertz CT molecular complexity index is 307. The molecule has 0 saturated heterocycles. The number of benzene rings is 1. The van der Waals surface area contributed by atoms with Gasteiger partial charge in [0.1, 0.15) is 0 Å². The van der Waals surface area contributed by atoms with Gasteiger partial charge in [-0.2, -0.15) is 0 Å². The quantitative estimate of drug-likeness (QED) is 0.517. The molecule has 4 N–H and O–H groups in total. The van der Waals surface area contributed by atoms with Crippen molar-refractivity contribution in [2.24, 2.45) is 0 Å². The predicted octanol–water partition coefficient (Wildman–Crippen LogP) is 1.76. The Kier molecular flexibility index (Phi) is 2.24. The van der Waals surface area contributed by atoms with Crippen molar-refractivity contribution < 1.29 is 4.74 Å². The first kappa shape index (κ1) is 8.46. The molecule has 0 aromatic heterocycles. The average molecular weight is 164 g/mol. The molecule has 1 rings (SSSR count). The Morgan fingerprint density at radius 1 is 1.42 bits per heavy atom. The van der Waals surface area contributed by atoms with E-state index >= 15 is 0 Å². The Morgan fingerprint density at radius 3 is 2.67 bits per heavy atom. The summed E-state index contributed by atoms with van der Waals surface area (Å²) < 4.78 is 5.23. The molecule has 0 spiro atoms. The van der Waals surface area contributed by atoms with Gasteiger partial charge in [-0.25, -0.2) is 0 Å². The van der Waals surface area contributed by atoms with Gasteiger partial charge in [-0.3, -0.25) is 0 Å². The first-order valence-electron chi connectivity index (χ1n) is 3.58. The zero-order chi connectivity index (χ0) is 9.14. The van der Waals surface area contributed by atoms with Gasteiger partial charge >= 0.3 is 0 Å². The average Bonchev–Trinajstić information content (AvgIpc) is 1.96. The molecule has 0 bridgehead atoms. The molecule has 12 heavy (non-hydrogen) atoms. The van der Waals surface area contributed by atoms with Gasteiger partial charge < -0.3 is 16.2 Å². The fourth-order valence-corrected chi connectivity index (χ4v) is 0.827. The van der Waals surface area contributed by atoms with Gasteiger partial charge in [-0.05, 0) is 19.1 Å². The minimum Gasteiger partial charge on any atom is -0.460 e. The number of anilines is 2. The van der Waals surface area contributed by atoms with Gasteiger partial charge in [-0.1, -0.05) is 6.58 Å². The normalized spacial score (nSPS) is 9.42. The highest BCUT2D eigenvalue weighted by atomic mass is 16.5. The lowest BCUT2D eigenvalue weighted by Gasteiger charge is -2.07. The molecule has 0 aliphatic rings. The number of ether oxygens (including phenoxy) is 1. The maximum absolute atomic E-state index is 5.62. The summed E-state index contributed by atoms with van der Waals surface area (Å²) in [5.74, 6) is 1.15. The maximum Gasteiger partial charge on any atom is 0.151 e. The van der Waals surface area contributed by atoms with Crippen LogP contribution < -0.4 is 16.2 Å². The third kappa shape index (κ3) is 1.92. The van der Waals surface area contributed by atoms with Gasteiger partial charge in [0.2, 0.25) is 0 Å². The van der Waals surface area contributed by atoms with E-state index < -0.39 is 0 Å². The van der Waals surface area contributed by atoms with Crippen molar-refractivity contribution in [2.45, 2.75) is 6.92 Å². The third-order valence-corrected chi connectivity index (χ3v) is 1.32. The molecule has 0 amide bonds. The number of nitrogen functional groups attached to an aromatic ring is 2. The van der Waals surface area contributed by atoms with Crippen LogP contribution in [0.25, 0.3) is 0 Å². The highest BCUT2D eigenvalue weighted by Crippen LogP contribution is 2.25. The summed E-state index contributed by atoms with van der Waals surface area (Å²) in [6.07, 6.45) is 0. The second-order valence-corrected chi connectivity index (χ2v) is 2.60. The summed E-state index contributed by atoms with van der Waals surface area (Å²) in [5.41, 5.74) is 12.3. The molecule has 0 unspecified atom stereocenters. The topological polar surface area (TPSA) is 61.3 Å². The van der Waals surface area contributed by atoms with E-state index in [2.05, 4.69) is 6.58 Å². The molecule has 0 saturated carbocycles. The predicted molar refractivity (Wildman–Crippen MR) is 50.7 cm³/mol. The van der Waals surface area contributed by atoms with E-state index in [-0.39, 0.29) is 0 Å². The van der Waals surface area contributed by atoms with Crippen molar-refractivity contribution in [3.05, 3.63) is 30.5 Å². The lowest BCUT2D eigenvalue weighted by Crippen LogP contribution is -1.96. The fourth-order valence-electron chi connectivity index (χ4n) is 0.827. The molecule has 0 radical (unpaired) electrons. The lowest BCUT2D eigenvalue weighted by atomic mass is 10.2. The van der Waals surface area contributed by atoms with Crippen LogP contribution in [-0.2, 0) is 0 Å². The van der Waals surface area contributed by atoms with Crippen LogP contribution in [0.3, 0.4) is 0 Å². The first-order chi connectivity index (χ1) is 5.59. The second kappa shape index (κ2) is 3.17. The molecular formula is C9H12N2O. The highest BCUT2D eigenvalue weighted by Gasteiger charge is 2.00. The first-order valence-corrected chi connectivity index (χ1v) is 3.58. The number of allylic oxidation sites excluding steroid dienone is 1. The molecule has 0 atom stereocenters. The van der Waals surface area contributed by atoms with Crippen LogP contribution in [0.2, 0.25) is 0 Å². The highest BCUT2D eigenvalue weighted by molar-refractivity contribution is 5.59. The molecular weight excluding hydrogens is 152 g/mol. The molecule has 1 aromatic carbocycles. The molecule has 0 fully saturated rings. The van der Waals surface area contributed by atoms with Crippen LogP contribution in [0.1, 0.15) is 6.92 Å². The van der Waals surface area contributed by atoms with Gasteiger partial charge in [0.15, 0.2) is 5.75 Å². The Labute approximate surface area is 71.6 Å². The van der Waals surface area contributed by atoms with Crippen LogP contribution in [0.15, 0.2) is 30.5 Å². The zero-order valence-electron chi connectivity index (χ0n) is 7.00. The summed E-state index contributed by atoms with van der Waals surface area (Å²) in [7, 11) is 0. The molecule has 3 nitrogen and oxygen atoms in total. The third-order valence-electron chi connectivity index (χ3n) is 1.32. The molecule has 0 aliphatic heterocycles. The molecule has 1 aromatic rings. The Balaban J connectivity index is 2.97. The standard InChI is InChI=1S/C9H12N2O/c1-6(2)12-9-5-7(10)3-4-8(9)11/h3-5H,1,10-11H2,2H3. The van der Waals surface area contributed by atoms with E-state index in [0.29, 0.717) is 22.9 Å². The molecule has 0 aliphatic carbocycles. The summed E-state index contributed by atoms with van der Waals surface area (Å²) in [5, 5.41) is 0. The lowest BCUT2D eigenvalue weighted by molar-refractivity contribution is 0.433. The largest absolute Gasteiger partial charge is 0.460 e. The van der Waals surface area contributed by atoms with E-state index in [4.69, 9.17) is 16.2 Å². The van der Waals surface area contributed by atoms with Crippen molar-refractivity contribution in [3.8, 4) is 5.75 Å². The van der Waals surface area contributed by atoms with Crippen molar-refractivity contribution in [1.29, 1.82) is 0 Å². The molecule has 64 valence electrons. The van der Waals surface area contributed by atoms with E-state index in [1.54, 1.807) is 25.1 Å². The van der Waals surface area contributed by atoms with E-state index in [9.17, 15) is 0 Å². The summed E-state index contributed by atoms with van der Waals surface area (Å²) >= 11 is 0. The van der Waals surface area contributed by atoms with Crippen LogP contribution in [0, 0.1) is 0 Å². The monoisotopic (exact) mass is 164 g/mol. The van der Waals surface area contributed by atoms with Crippen LogP contribution in [-0.4, -0.2) is 0 Å². The van der Waals surface area contributed by atoms with Crippen LogP contribution in [0.4, 0.5) is 11.4 Å². The summed E-state index contributed by atoms with van der Waals surface area (Å²) in [4.78, 5) is 0. The molecule has 3 heteroatoms. The van der Waals surface area contributed by atoms with Crippen molar-refractivity contribution in [3.63, 3.8) is 0 Å². The zero-order valence-corrected chi connectivity index (χ0v) is 7.00. The van der Waals surface area contributed by atoms with Gasteiger partial charge in [0.05, 0.1) is 11.4 Å². The van der Waals surface area contributed by atoms with Crippen molar-refractivity contribution in [1.82, 2.24) is 0 Å². The molecule has 0 heterocycles. The number of rotatable bonds is 2. The SMILES string of the molecule is C=C(C)Oc1cc(N)ccc1N. The number of hydrogen-bond donors (Lipinski definition) is 2. The van der Waals surface area contributed by atoms with Gasteiger partial charge in [0, 0.05) is 11.8 Å². The Morgan fingerprint density at radius 2 is 2.08 bits per heavy atom. The summed E-state index contributed by atoms with van der Waals surface area (Å²) in [6, 6.07) is 5.10. The minimum atomic E-state index is 0.558. The van der Waals surface area contributed by atoms with Crippen LogP contribution >= 0.6 is 0 Å². The summed E-state index contributed by atoms with van der Waals surface area (Å²) in [6.45, 7) is 5.36. The van der Waals surface area contributed by atoms with Gasteiger partial charge in [0.25, 0.3) is 0 Å². The van der Waals surface area contributed by atoms with E-state index in [1.165, 1.54) is 0 Å².